The molecule has 2 aliphatic carbocycles. The molecule has 1 fully saturated rings. The first-order chi connectivity index (χ1) is 25.1. The molecule has 52 heavy (non-hydrogen) atoms. The summed E-state index contributed by atoms with van der Waals surface area (Å²) >= 11 is 13.6. The first-order valence-corrected chi connectivity index (χ1v) is 17.9. The number of aromatic nitrogens is 2. The van der Waals surface area contributed by atoms with Crippen LogP contribution in [0.3, 0.4) is 0 Å². The van der Waals surface area contributed by atoms with E-state index in [-0.39, 0.29) is 64.2 Å². The van der Waals surface area contributed by atoms with E-state index in [0.717, 1.165) is 31.2 Å². The Morgan fingerprint density at radius 3 is 2.54 bits per heavy atom. The lowest BCUT2D eigenvalue weighted by Gasteiger charge is -2.39. The fourth-order valence-corrected chi connectivity index (χ4v) is 7.61. The summed E-state index contributed by atoms with van der Waals surface area (Å²) in [6, 6.07) is 8.02. The van der Waals surface area contributed by atoms with E-state index in [4.69, 9.17) is 42.6 Å². The van der Waals surface area contributed by atoms with E-state index >= 15 is 0 Å². The molecule has 0 saturated heterocycles. The summed E-state index contributed by atoms with van der Waals surface area (Å²) in [6.07, 6.45) is 13.1. The Labute approximate surface area is 312 Å². The van der Waals surface area contributed by atoms with Crippen LogP contribution in [0, 0.1) is 5.92 Å². The monoisotopic (exact) mass is 745 g/mol. The minimum atomic E-state index is -0.450. The van der Waals surface area contributed by atoms with Crippen molar-refractivity contribution in [3.63, 3.8) is 0 Å². The van der Waals surface area contributed by atoms with Gasteiger partial charge in [-0.1, -0.05) is 72.6 Å². The van der Waals surface area contributed by atoms with Crippen LogP contribution < -0.4 is 35.2 Å². The Morgan fingerprint density at radius 2 is 1.87 bits per heavy atom. The van der Waals surface area contributed by atoms with Crippen molar-refractivity contribution in [2.75, 3.05) is 34.7 Å². The maximum Gasteiger partial charge on any atom is 0.330 e. The number of nitrogens with zero attached hydrogens (tertiary/aromatic N) is 4. The van der Waals surface area contributed by atoms with E-state index in [9.17, 15) is 14.4 Å². The third-order valence-corrected chi connectivity index (χ3v) is 10.3. The first-order valence-electron chi connectivity index (χ1n) is 17.1. The second-order valence-electron chi connectivity index (χ2n) is 12.8. The lowest BCUT2D eigenvalue weighted by atomic mass is 9.78. The number of methoxy groups -OCH3 is 2. The van der Waals surface area contributed by atoms with Gasteiger partial charge >= 0.3 is 6.03 Å². The van der Waals surface area contributed by atoms with Crippen LogP contribution in [0.1, 0.15) is 50.2 Å². The number of urea groups is 1. The molecule has 3 atom stereocenters. The highest BCUT2D eigenvalue weighted by molar-refractivity contribution is 6.42. The lowest BCUT2D eigenvalue weighted by Crippen LogP contribution is -2.50. The topological polar surface area (TPSA) is 138 Å². The lowest BCUT2D eigenvalue weighted by molar-refractivity contribution is -0.117. The number of anilines is 4. The molecule has 2 heterocycles. The SMILES string of the molecule is C=CC(=O)NC1CCC(C2=CC=CC2)CC1Nc1ncc2c(n1)N(Cc1cccc(NC(=O)CC)c1)C(=O)N(c1c(Cl)c(OC)cc(OC)c1Cl)C2. The fourth-order valence-electron chi connectivity index (χ4n) is 6.91. The molecule has 1 aliphatic heterocycles. The molecule has 3 aromatic rings. The van der Waals surface area contributed by atoms with Crippen LogP contribution in [0.5, 0.6) is 11.5 Å². The number of rotatable bonds is 12. The summed E-state index contributed by atoms with van der Waals surface area (Å²) in [4.78, 5) is 51.8. The number of hydrogen-bond donors (Lipinski definition) is 3. The molecule has 1 aromatic heterocycles. The first kappa shape index (κ1) is 36.7. The zero-order chi connectivity index (χ0) is 36.9. The molecule has 3 unspecified atom stereocenters. The maximum atomic E-state index is 14.6. The number of carbonyl (C=O) groups excluding carboxylic acids is 3. The van der Waals surface area contributed by atoms with Gasteiger partial charge in [-0.3, -0.25) is 19.4 Å². The summed E-state index contributed by atoms with van der Waals surface area (Å²) < 4.78 is 11.0. The number of amides is 4. The summed E-state index contributed by atoms with van der Waals surface area (Å²) in [7, 11) is 2.93. The highest BCUT2D eigenvalue weighted by atomic mass is 35.5. The van der Waals surface area contributed by atoms with E-state index in [2.05, 4.69) is 40.8 Å². The van der Waals surface area contributed by atoms with Crippen LogP contribution in [-0.2, 0) is 22.7 Å². The smallest absolute Gasteiger partial charge is 0.330 e. The van der Waals surface area contributed by atoms with E-state index in [1.165, 1.54) is 35.7 Å². The number of fused-ring (bicyclic) bond motifs is 1. The number of hydrogen-bond acceptors (Lipinski definition) is 8. The number of allylic oxidation sites excluding steroid dienone is 4. The van der Waals surface area contributed by atoms with Crippen LogP contribution in [0.25, 0.3) is 0 Å². The van der Waals surface area contributed by atoms with Gasteiger partial charge in [-0.2, -0.15) is 4.98 Å². The number of nitrogens with one attached hydrogen (secondary N) is 3. The van der Waals surface area contributed by atoms with Gasteiger partial charge in [-0.25, -0.2) is 9.78 Å². The van der Waals surface area contributed by atoms with Gasteiger partial charge < -0.3 is 25.4 Å². The molecule has 0 bridgehead atoms. The van der Waals surface area contributed by atoms with Gasteiger partial charge in [0.2, 0.25) is 17.8 Å². The maximum absolute atomic E-state index is 14.6. The number of benzene rings is 2. The third kappa shape index (κ3) is 7.73. The van der Waals surface area contributed by atoms with Crippen LogP contribution in [0.15, 0.2) is 73.0 Å². The average Bonchev–Trinajstić information content (AvgIpc) is 3.70. The summed E-state index contributed by atoms with van der Waals surface area (Å²) in [5.74, 6) is 1.24. The van der Waals surface area contributed by atoms with E-state index in [0.29, 0.717) is 35.4 Å². The van der Waals surface area contributed by atoms with E-state index in [1.807, 2.05) is 18.2 Å². The Hall–Kier alpha value is -5.07. The molecule has 0 radical (unpaired) electrons. The van der Waals surface area contributed by atoms with E-state index < -0.39 is 6.03 Å². The Morgan fingerprint density at radius 1 is 1.10 bits per heavy atom. The predicted molar refractivity (Wildman–Crippen MR) is 203 cm³/mol. The molecule has 0 spiro atoms. The van der Waals surface area contributed by atoms with Crippen LogP contribution in [0.4, 0.5) is 27.9 Å². The molecule has 14 heteroatoms. The molecular formula is C38H41Cl2N7O5. The predicted octanol–water partition coefficient (Wildman–Crippen LogP) is 7.43. The molecule has 4 amide bonds. The molecule has 12 nitrogen and oxygen atoms in total. The zero-order valence-electron chi connectivity index (χ0n) is 29.2. The Bertz CT molecular complexity index is 1920. The second kappa shape index (κ2) is 16.1. The Balaban J connectivity index is 1.38. The van der Waals surface area contributed by atoms with Crippen molar-refractivity contribution < 1.29 is 23.9 Å². The zero-order valence-corrected chi connectivity index (χ0v) is 30.8. The second-order valence-corrected chi connectivity index (χ2v) is 13.6. The van der Waals surface area contributed by atoms with Crippen molar-refractivity contribution in [2.24, 2.45) is 5.92 Å². The van der Waals surface area contributed by atoms with Gasteiger partial charge in [0.1, 0.15) is 27.4 Å². The van der Waals surface area contributed by atoms with Crippen molar-refractivity contribution in [3.8, 4) is 11.5 Å². The van der Waals surface area contributed by atoms with Crippen LogP contribution in [0.2, 0.25) is 10.0 Å². The van der Waals surface area contributed by atoms with Crippen molar-refractivity contribution in [3.05, 3.63) is 94.2 Å². The summed E-state index contributed by atoms with van der Waals surface area (Å²) in [5.41, 5.74) is 3.56. The standard InChI is InChI=1S/C38H41Cl2N7O5/c1-5-31(48)42-26-13-9-10-22(16-26)20-47-36-25(21-46(38(47)50)35-33(39)29(51-3)18-30(52-4)34(35)40)19-41-37(45-36)44-28-17-24(23-11-7-8-12-23)14-15-27(28)43-32(49)6-2/h6-11,13,16,18-19,24,27-28H,2,5,12,14-15,17,20-21H2,1,3-4H3,(H,42,48)(H,43,49)(H,41,44,45). The summed E-state index contributed by atoms with van der Waals surface area (Å²) in [5, 5.41) is 9.74. The van der Waals surface area contributed by atoms with Crippen LogP contribution >= 0.6 is 23.2 Å². The van der Waals surface area contributed by atoms with Crippen molar-refractivity contribution >= 4 is 64.2 Å². The highest BCUT2D eigenvalue weighted by Gasteiger charge is 2.38. The van der Waals surface area contributed by atoms with Crippen molar-refractivity contribution in [1.82, 2.24) is 15.3 Å². The normalized spacial score (nSPS) is 19.4. The van der Waals surface area contributed by atoms with Crippen molar-refractivity contribution in [2.45, 2.75) is 64.2 Å². The molecule has 2 aromatic carbocycles. The molecule has 6 rings (SSSR count). The fraction of sp³-hybridized carbons (Fsp3) is 0.342. The largest absolute Gasteiger partial charge is 0.495 e. The van der Waals surface area contributed by atoms with Gasteiger partial charge in [0.05, 0.1) is 33.0 Å². The third-order valence-electron chi connectivity index (χ3n) is 9.58. The van der Waals surface area contributed by atoms with Gasteiger partial charge in [0.25, 0.3) is 0 Å². The van der Waals surface area contributed by atoms with E-state index in [1.54, 1.807) is 25.3 Å². The number of halogens is 2. The minimum absolute atomic E-state index is 0.0536. The van der Waals surface area contributed by atoms with Gasteiger partial charge in [0.15, 0.2) is 0 Å². The minimum Gasteiger partial charge on any atom is -0.495 e. The molecule has 3 aliphatic rings. The quantitative estimate of drug-likeness (QED) is 0.163. The molecule has 3 N–H and O–H groups in total. The highest BCUT2D eigenvalue weighted by Crippen LogP contribution is 2.48. The molecule has 272 valence electrons. The average molecular weight is 747 g/mol. The van der Waals surface area contributed by atoms with Crippen molar-refractivity contribution in [1.29, 1.82) is 0 Å². The van der Waals surface area contributed by atoms with Gasteiger partial charge in [-0.15, -0.1) is 0 Å². The van der Waals surface area contributed by atoms with Gasteiger partial charge in [0, 0.05) is 42.0 Å². The Kier molecular flexibility index (Phi) is 11.4. The molecular weight excluding hydrogens is 705 g/mol. The van der Waals surface area contributed by atoms with Gasteiger partial charge in [-0.05, 0) is 55.4 Å². The molecule has 1 saturated carbocycles. The summed E-state index contributed by atoms with van der Waals surface area (Å²) in [6.45, 7) is 5.55. The number of ether oxygens (including phenoxy) is 2. The number of carbonyl (C=O) groups is 3. The van der Waals surface area contributed by atoms with Crippen LogP contribution in [-0.4, -0.2) is 54.1 Å².